The first kappa shape index (κ1) is 17.2. The quantitative estimate of drug-likeness (QED) is 0.821. The van der Waals surface area contributed by atoms with Crippen LogP contribution in [0, 0.1) is 5.92 Å². The molecule has 1 saturated heterocycles. The lowest BCUT2D eigenvalue weighted by Crippen LogP contribution is -2.35. The second-order valence-corrected chi connectivity index (χ2v) is 7.76. The zero-order valence-electron chi connectivity index (χ0n) is 16.0. The highest BCUT2D eigenvalue weighted by molar-refractivity contribution is 5.87. The van der Waals surface area contributed by atoms with Gasteiger partial charge in [0.05, 0.1) is 11.6 Å². The molecule has 2 aromatic rings. The molecular weight excluding hydrogens is 328 g/mol. The van der Waals surface area contributed by atoms with Crippen LogP contribution in [0.1, 0.15) is 44.9 Å². The number of fused-ring (bicyclic) bond motifs is 1. The Morgan fingerprint density at radius 1 is 1.27 bits per heavy atom. The summed E-state index contributed by atoms with van der Waals surface area (Å²) in [7, 11) is 3.98. The maximum absolute atomic E-state index is 12.5. The van der Waals surface area contributed by atoms with E-state index in [0.717, 1.165) is 42.2 Å². The van der Waals surface area contributed by atoms with Crippen LogP contribution in [0.2, 0.25) is 0 Å². The van der Waals surface area contributed by atoms with Gasteiger partial charge in [0, 0.05) is 52.0 Å². The highest BCUT2D eigenvalue weighted by Gasteiger charge is 2.36. The van der Waals surface area contributed by atoms with Gasteiger partial charge in [0.1, 0.15) is 11.6 Å². The SMILES string of the molecule is CCc1nc(N(C)C[C@@H]2CC(=O)N(C3CCCC3)C2)c2cnn(C)c2n1. The Morgan fingerprint density at radius 3 is 2.77 bits per heavy atom. The monoisotopic (exact) mass is 356 g/mol. The molecule has 1 amide bonds. The fourth-order valence-corrected chi connectivity index (χ4v) is 4.47. The number of carbonyl (C=O) groups excluding carboxylic acids is 1. The third-order valence-corrected chi connectivity index (χ3v) is 5.83. The summed E-state index contributed by atoms with van der Waals surface area (Å²) < 4.78 is 1.80. The van der Waals surface area contributed by atoms with Crippen molar-refractivity contribution in [3.63, 3.8) is 0 Å². The van der Waals surface area contributed by atoms with Crippen molar-refractivity contribution in [1.82, 2.24) is 24.6 Å². The Hall–Kier alpha value is -2.18. The van der Waals surface area contributed by atoms with Crippen LogP contribution in [0.25, 0.3) is 11.0 Å². The first-order chi connectivity index (χ1) is 12.6. The van der Waals surface area contributed by atoms with Gasteiger partial charge >= 0.3 is 0 Å². The van der Waals surface area contributed by atoms with Crippen LogP contribution < -0.4 is 4.90 Å². The number of hydrogen-bond acceptors (Lipinski definition) is 5. The number of aryl methyl sites for hydroxylation is 2. The summed E-state index contributed by atoms with van der Waals surface area (Å²) in [5.74, 6) is 2.45. The second kappa shape index (κ2) is 6.85. The van der Waals surface area contributed by atoms with Crippen LogP contribution in [0.5, 0.6) is 0 Å². The van der Waals surface area contributed by atoms with E-state index in [2.05, 4.69) is 33.9 Å². The van der Waals surface area contributed by atoms with Crippen molar-refractivity contribution in [1.29, 1.82) is 0 Å². The van der Waals surface area contributed by atoms with Gasteiger partial charge < -0.3 is 9.80 Å². The predicted octanol–water partition coefficient (Wildman–Crippen LogP) is 2.15. The average molecular weight is 356 g/mol. The molecule has 1 aliphatic heterocycles. The first-order valence-corrected chi connectivity index (χ1v) is 9.76. The number of amides is 1. The highest BCUT2D eigenvalue weighted by atomic mass is 16.2. The number of rotatable bonds is 5. The summed E-state index contributed by atoms with van der Waals surface area (Å²) in [5, 5.41) is 5.32. The molecule has 0 N–H and O–H groups in total. The summed E-state index contributed by atoms with van der Waals surface area (Å²) in [4.78, 5) is 26.2. The highest BCUT2D eigenvalue weighted by Crippen LogP contribution is 2.31. The lowest BCUT2D eigenvalue weighted by atomic mass is 10.1. The van der Waals surface area contributed by atoms with E-state index in [0.29, 0.717) is 24.3 Å². The number of anilines is 1. The molecule has 1 aliphatic carbocycles. The lowest BCUT2D eigenvalue weighted by Gasteiger charge is -2.26. The zero-order chi connectivity index (χ0) is 18.3. The van der Waals surface area contributed by atoms with E-state index in [-0.39, 0.29) is 0 Å². The Morgan fingerprint density at radius 2 is 2.04 bits per heavy atom. The molecule has 26 heavy (non-hydrogen) atoms. The second-order valence-electron chi connectivity index (χ2n) is 7.76. The van der Waals surface area contributed by atoms with Gasteiger partial charge in [-0.05, 0) is 12.8 Å². The normalized spacial score (nSPS) is 21.3. The topological polar surface area (TPSA) is 67.2 Å². The van der Waals surface area contributed by atoms with Gasteiger partial charge in [-0.15, -0.1) is 0 Å². The first-order valence-electron chi connectivity index (χ1n) is 9.76. The summed E-state index contributed by atoms with van der Waals surface area (Å²) in [6.07, 6.45) is 8.16. The van der Waals surface area contributed by atoms with E-state index in [1.165, 1.54) is 25.7 Å². The van der Waals surface area contributed by atoms with Crippen molar-refractivity contribution >= 4 is 22.8 Å². The Kier molecular flexibility index (Phi) is 4.54. The van der Waals surface area contributed by atoms with Gasteiger partial charge in [0.2, 0.25) is 5.91 Å². The third kappa shape index (κ3) is 3.04. The fraction of sp³-hybridized carbons (Fsp3) is 0.684. The van der Waals surface area contributed by atoms with Gasteiger partial charge in [-0.25, -0.2) is 9.97 Å². The molecule has 2 aliphatic rings. The van der Waals surface area contributed by atoms with Crippen LogP contribution in [0.4, 0.5) is 5.82 Å². The van der Waals surface area contributed by atoms with E-state index >= 15 is 0 Å². The van der Waals surface area contributed by atoms with Crippen LogP contribution in [0.3, 0.4) is 0 Å². The largest absolute Gasteiger partial charge is 0.359 e. The molecule has 2 fully saturated rings. The number of hydrogen-bond donors (Lipinski definition) is 0. The Balaban J connectivity index is 1.52. The van der Waals surface area contributed by atoms with E-state index in [9.17, 15) is 4.79 Å². The van der Waals surface area contributed by atoms with Crippen LogP contribution in [-0.4, -0.2) is 56.7 Å². The van der Waals surface area contributed by atoms with Gasteiger partial charge in [-0.3, -0.25) is 9.48 Å². The van der Waals surface area contributed by atoms with Crippen LogP contribution in [0.15, 0.2) is 6.20 Å². The summed E-state index contributed by atoms with van der Waals surface area (Å²) in [5.41, 5.74) is 0.869. The number of nitrogens with zero attached hydrogens (tertiary/aromatic N) is 6. The predicted molar refractivity (Wildman–Crippen MR) is 101 cm³/mol. The molecule has 0 aromatic carbocycles. The van der Waals surface area contributed by atoms with E-state index in [1.807, 2.05) is 13.2 Å². The van der Waals surface area contributed by atoms with Crippen molar-refractivity contribution in [2.24, 2.45) is 13.0 Å². The molecule has 0 unspecified atom stereocenters. The zero-order valence-corrected chi connectivity index (χ0v) is 16.0. The molecule has 7 heteroatoms. The number of likely N-dealkylation sites (tertiary alicyclic amines) is 1. The van der Waals surface area contributed by atoms with Crippen molar-refractivity contribution in [3.05, 3.63) is 12.0 Å². The van der Waals surface area contributed by atoms with Crippen molar-refractivity contribution in [2.75, 3.05) is 25.0 Å². The standard InChI is InChI=1S/C19H28N6O/c1-4-16-21-18(15-10-20-24(3)19(15)22-16)23(2)11-13-9-17(26)25(12-13)14-7-5-6-8-14/h10,13-14H,4-9,11-12H2,1-3H3/t13-/m0/s1. The summed E-state index contributed by atoms with van der Waals surface area (Å²) >= 11 is 0. The summed E-state index contributed by atoms with van der Waals surface area (Å²) in [6.45, 7) is 3.78. The molecule has 0 radical (unpaired) electrons. The molecule has 0 bridgehead atoms. The van der Waals surface area contributed by atoms with Gasteiger partial charge in [-0.2, -0.15) is 5.10 Å². The molecule has 3 heterocycles. The molecule has 2 aromatic heterocycles. The fourth-order valence-electron chi connectivity index (χ4n) is 4.47. The van der Waals surface area contributed by atoms with Crippen molar-refractivity contribution < 1.29 is 4.79 Å². The molecule has 1 atom stereocenters. The molecule has 4 rings (SSSR count). The smallest absolute Gasteiger partial charge is 0.223 e. The molecule has 140 valence electrons. The van der Waals surface area contributed by atoms with Gasteiger partial charge in [-0.1, -0.05) is 19.8 Å². The van der Waals surface area contributed by atoms with E-state index in [1.54, 1.807) is 4.68 Å². The minimum Gasteiger partial charge on any atom is -0.359 e. The van der Waals surface area contributed by atoms with E-state index in [4.69, 9.17) is 4.98 Å². The van der Waals surface area contributed by atoms with Gasteiger partial charge in [0.25, 0.3) is 0 Å². The molecule has 1 saturated carbocycles. The maximum Gasteiger partial charge on any atom is 0.223 e. The van der Waals surface area contributed by atoms with Crippen LogP contribution >= 0.6 is 0 Å². The molecule has 7 nitrogen and oxygen atoms in total. The third-order valence-electron chi connectivity index (χ3n) is 5.83. The van der Waals surface area contributed by atoms with Crippen molar-refractivity contribution in [3.8, 4) is 0 Å². The Labute approximate surface area is 154 Å². The molecule has 0 spiro atoms. The van der Waals surface area contributed by atoms with Crippen LogP contribution in [-0.2, 0) is 18.3 Å². The number of aromatic nitrogens is 4. The average Bonchev–Trinajstić information content (AvgIpc) is 3.35. The van der Waals surface area contributed by atoms with Gasteiger partial charge in [0.15, 0.2) is 5.65 Å². The maximum atomic E-state index is 12.5. The van der Waals surface area contributed by atoms with Crippen molar-refractivity contribution in [2.45, 2.75) is 51.5 Å². The molecular formula is C19H28N6O. The summed E-state index contributed by atoms with van der Waals surface area (Å²) in [6, 6.07) is 0.480. The number of carbonyl (C=O) groups is 1. The minimum absolute atomic E-state index is 0.332. The minimum atomic E-state index is 0.332. The van der Waals surface area contributed by atoms with E-state index < -0.39 is 0 Å². The Bertz CT molecular complexity index is 810. The lowest BCUT2D eigenvalue weighted by molar-refractivity contribution is -0.129.